The summed E-state index contributed by atoms with van der Waals surface area (Å²) in [5.74, 6) is 1.94. The van der Waals surface area contributed by atoms with Crippen molar-refractivity contribution in [2.45, 2.75) is 97.5 Å². The number of hydrogen-bond donors (Lipinski definition) is 1. The third kappa shape index (κ3) is 6.97. The molecule has 1 aromatic carbocycles. The second kappa shape index (κ2) is 12.6. The molecule has 0 unspecified atom stereocenters. The van der Waals surface area contributed by atoms with E-state index in [1.807, 2.05) is 18.2 Å². The smallest absolute Gasteiger partial charge is 0.308 e. The molecule has 2 aliphatic carbocycles. The summed E-state index contributed by atoms with van der Waals surface area (Å²) in [5.41, 5.74) is 5.49. The molecule has 220 valence electrons. The largest absolute Gasteiger partial charge is 0.483 e. The van der Waals surface area contributed by atoms with Crippen LogP contribution in [0.3, 0.4) is 0 Å². The van der Waals surface area contributed by atoms with E-state index < -0.39 is 0 Å². The minimum Gasteiger partial charge on any atom is -0.483 e. The van der Waals surface area contributed by atoms with E-state index >= 15 is 0 Å². The van der Waals surface area contributed by atoms with Gasteiger partial charge in [0.1, 0.15) is 16.4 Å². The van der Waals surface area contributed by atoms with Crippen LogP contribution in [0.15, 0.2) is 42.0 Å². The first-order valence-corrected chi connectivity index (χ1v) is 16.2. The molecular formula is C35H45NO4S. The van der Waals surface area contributed by atoms with Gasteiger partial charge in [-0.25, -0.2) is 0 Å². The van der Waals surface area contributed by atoms with E-state index in [9.17, 15) is 9.59 Å². The van der Waals surface area contributed by atoms with Gasteiger partial charge in [0.05, 0.1) is 18.6 Å². The van der Waals surface area contributed by atoms with Crippen LogP contribution in [0.5, 0.6) is 0 Å². The highest BCUT2D eigenvalue weighted by atomic mass is 32.1. The lowest BCUT2D eigenvalue weighted by Crippen LogP contribution is -2.30. The first kappa shape index (κ1) is 29.6. The first-order chi connectivity index (χ1) is 19.6. The molecule has 41 heavy (non-hydrogen) atoms. The molecule has 1 saturated carbocycles. The van der Waals surface area contributed by atoms with Crippen molar-refractivity contribution in [3.05, 3.63) is 69.1 Å². The Morgan fingerprint density at radius 2 is 1.88 bits per heavy atom. The number of carbonyl (C=O) groups excluding carboxylic acids is 2. The maximum absolute atomic E-state index is 13.5. The number of nitrogens with one attached hydrogen (secondary N) is 1. The number of allylic oxidation sites excluding steroid dienone is 2. The lowest BCUT2D eigenvalue weighted by atomic mass is 9.77. The Hall–Kier alpha value is -2.86. The van der Waals surface area contributed by atoms with Gasteiger partial charge < -0.3 is 14.8 Å². The predicted molar refractivity (Wildman–Crippen MR) is 167 cm³/mol. The zero-order chi connectivity index (χ0) is 29.1. The molecule has 0 saturated heterocycles. The van der Waals surface area contributed by atoms with E-state index in [0.717, 1.165) is 73.3 Å². The summed E-state index contributed by atoms with van der Waals surface area (Å²) in [6.45, 7) is 8.65. The lowest BCUT2D eigenvalue weighted by molar-refractivity contribution is -0.146. The highest BCUT2D eigenvalue weighted by Crippen LogP contribution is 2.47. The summed E-state index contributed by atoms with van der Waals surface area (Å²) in [5, 5.41) is 4.17. The number of aryl methyl sites for hydroxylation is 1. The molecule has 0 bridgehead atoms. The molecule has 5 rings (SSSR count). The molecule has 1 aliphatic heterocycles. The van der Waals surface area contributed by atoms with Crippen LogP contribution in [0.4, 0.5) is 5.00 Å². The van der Waals surface area contributed by atoms with E-state index in [-0.39, 0.29) is 23.4 Å². The van der Waals surface area contributed by atoms with Crippen molar-refractivity contribution in [3.8, 4) is 0 Å². The molecule has 5 nitrogen and oxygen atoms in total. The summed E-state index contributed by atoms with van der Waals surface area (Å²) >= 11 is 1.72. The van der Waals surface area contributed by atoms with E-state index in [2.05, 4.69) is 51.2 Å². The molecule has 2 heterocycles. The molecule has 0 atom stereocenters. The topological polar surface area (TPSA) is 64.6 Å². The molecule has 3 aliphatic rings. The van der Waals surface area contributed by atoms with Crippen molar-refractivity contribution in [3.63, 3.8) is 0 Å². The van der Waals surface area contributed by atoms with E-state index in [4.69, 9.17) is 9.47 Å². The van der Waals surface area contributed by atoms with Gasteiger partial charge in [-0.05, 0) is 113 Å². The van der Waals surface area contributed by atoms with Gasteiger partial charge in [-0.1, -0.05) is 37.6 Å². The Bertz CT molecular complexity index is 1340. The molecular weight excluding hydrogens is 530 g/mol. The van der Waals surface area contributed by atoms with Crippen LogP contribution < -0.4 is 5.32 Å². The average Bonchev–Trinajstić information content (AvgIpc) is 3.31. The van der Waals surface area contributed by atoms with Crippen LogP contribution in [0, 0.1) is 17.8 Å². The van der Waals surface area contributed by atoms with E-state index in [0.29, 0.717) is 17.4 Å². The van der Waals surface area contributed by atoms with Gasteiger partial charge in [-0.3, -0.25) is 9.59 Å². The Balaban J connectivity index is 1.26. The lowest BCUT2D eigenvalue weighted by Gasteiger charge is -2.35. The molecule has 1 fully saturated rings. The van der Waals surface area contributed by atoms with Gasteiger partial charge in [0.15, 0.2) is 0 Å². The summed E-state index contributed by atoms with van der Waals surface area (Å²) in [4.78, 5) is 26.8. The maximum atomic E-state index is 13.5. The fourth-order valence-electron chi connectivity index (χ4n) is 6.56. The monoisotopic (exact) mass is 575 g/mol. The fourth-order valence-corrected chi connectivity index (χ4v) is 7.85. The number of anilines is 1. The quantitative estimate of drug-likeness (QED) is 0.240. The van der Waals surface area contributed by atoms with Gasteiger partial charge in [-0.2, -0.15) is 0 Å². The molecule has 0 spiro atoms. The second-order valence-corrected chi connectivity index (χ2v) is 14.0. The minimum absolute atomic E-state index is 0.0562. The number of esters is 1. The SMILES string of the molecule is COC(=O)[C@H]1CC[C@H](C/C(=C/Cc2cccc(C(=O)Nc3sc4c(c3C3=CC(C)(C)O3)CCCC4)c2)C(C)C)CC1. The van der Waals surface area contributed by atoms with Crippen molar-refractivity contribution in [1.29, 1.82) is 0 Å². The number of methoxy groups -OCH3 is 1. The van der Waals surface area contributed by atoms with Crippen molar-refractivity contribution in [2.75, 3.05) is 12.4 Å². The predicted octanol–water partition coefficient (Wildman–Crippen LogP) is 8.52. The third-order valence-electron chi connectivity index (χ3n) is 8.93. The van der Waals surface area contributed by atoms with Crippen LogP contribution in [0.2, 0.25) is 0 Å². The molecule has 1 amide bonds. The number of carbonyl (C=O) groups is 2. The number of amides is 1. The minimum atomic E-state index is -0.251. The number of rotatable bonds is 9. The van der Waals surface area contributed by atoms with Crippen molar-refractivity contribution >= 4 is 34.0 Å². The number of ether oxygens (including phenoxy) is 2. The van der Waals surface area contributed by atoms with Gasteiger partial charge >= 0.3 is 5.97 Å². The van der Waals surface area contributed by atoms with Gasteiger partial charge in [0, 0.05) is 16.5 Å². The van der Waals surface area contributed by atoms with Crippen LogP contribution >= 0.6 is 11.3 Å². The molecule has 1 aromatic heterocycles. The molecule has 1 N–H and O–H groups in total. The van der Waals surface area contributed by atoms with Crippen molar-refractivity contribution < 1.29 is 19.1 Å². The van der Waals surface area contributed by atoms with Gasteiger partial charge in [-0.15, -0.1) is 11.3 Å². The number of thiophene rings is 1. The Kier molecular flexibility index (Phi) is 9.08. The van der Waals surface area contributed by atoms with Crippen molar-refractivity contribution in [1.82, 2.24) is 0 Å². The maximum Gasteiger partial charge on any atom is 0.308 e. The highest BCUT2D eigenvalue weighted by molar-refractivity contribution is 7.16. The van der Waals surface area contributed by atoms with Gasteiger partial charge in [0.2, 0.25) is 0 Å². The number of hydrogen-bond acceptors (Lipinski definition) is 5. The molecule has 0 radical (unpaired) electrons. The van der Waals surface area contributed by atoms with Crippen molar-refractivity contribution in [2.24, 2.45) is 17.8 Å². The summed E-state index contributed by atoms with van der Waals surface area (Å²) in [7, 11) is 1.49. The third-order valence-corrected chi connectivity index (χ3v) is 10.1. The van der Waals surface area contributed by atoms with Crippen LogP contribution in [0.25, 0.3) is 5.76 Å². The highest BCUT2D eigenvalue weighted by Gasteiger charge is 2.35. The second-order valence-electron chi connectivity index (χ2n) is 12.9. The zero-order valence-electron chi connectivity index (χ0n) is 25.3. The first-order valence-electron chi connectivity index (χ1n) is 15.4. The Morgan fingerprint density at radius 3 is 2.56 bits per heavy atom. The van der Waals surface area contributed by atoms with E-state index in [1.54, 1.807) is 11.3 Å². The Labute approximate surface area is 249 Å². The summed E-state index contributed by atoms with van der Waals surface area (Å²) in [6.07, 6.45) is 14.9. The van der Waals surface area contributed by atoms with Crippen LogP contribution in [-0.2, 0) is 33.5 Å². The number of benzene rings is 1. The normalized spacial score (nSPS) is 21.8. The number of fused-ring (bicyclic) bond motifs is 1. The van der Waals surface area contributed by atoms with E-state index in [1.165, 1.54) is 36.0 Å². The standard InChI is InChI=1S/C35H45NO4S/c1-22(2)26(19-24-13-16-25(17-14-24)34(38)39-5)18-15-23-9-8-10-27(20-23)32(37)36-33-31(29-21-35(3,4)40-29)28-11-6-7-12-30(28)41-33/h8-10,18,20-22,24-25H,6-7,11-17,19H2,1-5H3,(H,36,37)/b26-18-/t24-,25-. The fraction of sp³-hybridized carbons (Fsp3) is 0.543. The average molecular weight is 576 g/mol. The summed E-state index contributed by atoms with van der Waals surface area (Å²) in [6, 6.07) is 8.03. The summed E-state index contributed by atoms with van der Waals surface area (Å²) < 4.78 is 11.1. The van der Waals surface area contributed by atoms with Gasteiger partial charge in [0.25, 0.3) is 5.91 Å². The van der Waals surface area contributed by atoms with Crippen LogP contribution in [0.1, 0.15) is 105 Å². The zero-order valence-corrected chi connectivity index (χ0v) is 26.1. The Morgan fingerprint density at radius 1 is 1.15 bits per heavy atom. The molecule has 2 aromatic rings. The molecule has 6 heteroatoms. The van der Waals surface area contributed by atoms with Crippen LogP contribution in [-0.4, -0.2) is 24.6 Å².